The van der Waals surface area contributed by atoms with Gasteiger partial charge in [-0.3, -0.25) is 0 Å². The highest BCUT2D eigenvalue weighted by atomic mass is 32.1. The Morgan fingerprint density at radius 2 is 2.36 bits per heavy atom. The Kier molecular flexibility index (Phi) is 1.62. The predicted octanol–water partition coefficient (Wildman–Crippen LogP) is 2.67. The summed E-state index contributed by atoms with van der Waals surface area (Å²) in [6.45, 7) is 3.85. The van der Waals surface area contributed by atoms with Gasteiger partial charge >= 0.3 is 0 Å². The lowest BCUT2D eigenvalue weighted by Gasteiger charge is -1.95. The summed E-state index contributed by atoms with van der Waals surface area (Å²) in [5.74, 6) is 0. The largest absolute Gasteiger partial charge is 0.244 e. The Morgan fingerprint density at radius 3 is 3.18 bits per heavy atom. The molecule has 2 heteroatoms. The number of hydrogen-bond donors (Lipinski definition) is 0. The molecule has 0 aliphatic heterocycles. The van der Waals surface area contributed by atoms with Gasteiger partial charge in [0.15, 0.2) is 0 Å². The summed E-state index contributed by atoms with van der Waals surface area (Å²) in [5.41, 5.74) is 4.24. The second-order valence-corrected chi connectivity index (χ2v) is 3.25. The summed E-state index contributed by atoms with van der Waals surface area (Å²) in [5, 5.41) is 0. The number of thiazole rings is 1. The van der Waals surface area contributed by atoms with E-state index in [-0.39, 0.29) is 0 Å². The summed E-state index contributed by atoms with van der Waals surface area (Å²) in [6.07, 6.45) is 0.821. The van der Waals surface area contributed by atoms with Gasteiger partial charge in [-0.1, -0.05) is 12.1 Å². The molecule has 11 heavy (non-hydrogen) atoms. The first-order valence-corrected chi connectivity index (χ1v) is 4.40. The quantitative estimate of drug-likeness (QED) is 0.628. The van der Waals surface area contributed by atoms with E-state index in [2.05, 4.69) is 30.1 Å². The fourth-order valence-electron chi connectivity index (χ4n) is 1.15. The molecule has 1 nitrogen and oxygen atoms in total. The molecule has 2 aromatic rings. The number of aromatic nitrogens is 1. The Morgan fingerprint density at radius 1 is 1.45 bits per heavy atom. The monoisotopic (exact) mass is 162 g/mol. The van der Waals surface area contributed by atoms with Crippen molar-refractivity contribution in [3.05, 3.63) is 36.2 Å². The zero-order valence-corrected chi connectivity index (χ0v) is 6.90. The van der Waals surface area contributed by atoms with Crippen molar-refractivity contribution in [3.63, 3.8) is 0 Å². The van der Waals surface area contributed by atoms with Gasteiger partial charge in [0.1, 0.15) is 0 Å². The summed E-state index contributed by atoms with van der Waals surface area (Å²) in [4.78, 5) is 4.27. The Bertz CT molecular complexity index is 364. The van der Waals surface area contributed by atoms with Gasteiger partial charge in [-0.2, -0.15) is 0 Å². The van der Waals surface area contributed by atoms with Gasteiger partial charge in [-0.25, -0.2) is 4.98 Å². The number of nitrogens with zero attached hydrogens (tertiary/aromatic N) is 1. The van der Waals surface area contributed by atoms with Crippen molar-refractivity contribution in [2.75, 3.05) is 0 Å². The minimum Gasteiger partial charge on any atom is -0.244 e. The number of para-hydroxylation sites is 1. The van der Waals surface area contributed by atoms with Crippen molar-refractivity contribution >= 4 is 21.6 Å². The lowest BCUT2D eigenvalue weighted by Crippen LogP contribution is -1.80. The normalized spacial score (nSPS) is 10.6. The number of fused-ring (bicyclic) bond motifs is 1. The Balaban J connectivity index is 2.79. The van der Waals surface area contributed by atoms with Crippen LogP contribution in [0.5, 0.6) is 0 Å². The predicted molar refractivity (Wildman–Crippen MR) is 48.7 cm³/mol. The molecule has 55 valence electrons. The third-order valence-corrected chi connectivity index (χ3v) is 2.51. The van der Waals surface area contributed by atoms with Crippen LogP contribution in [0.1, 0.15) is 5.56 Å². The van der Waals surface area contributed by atoms with Crippen LogP contribution in [0.15, 0.2) is 23.7 Å². The molecule has 1 aromatic heterocycles. The molecule has 0 spiro atoms. The highest BCUT2D eigenvalue weighted by molar-refractivity contribution is 7.16. The molecule has 0 unspecified atom stereocenters. The molecule has 1 heterocycles. The molecule has 0 fully saturated rings. The second-order valence-electron chi connectivity index (χ2n) is 2.37. The third kappa shape index (κ3) is 1.03. The van der Waals surface area contributed by atoms with Gasteiger partial charge < -0.3 is 0 Å². The first kappa shape index (κ1) is 6.80. The van der Waals surface area contributed by atoms with Crippen LogP contribution in [0.4, 0.5) is 0 Å². The van der Waals surface area contributed by atoms with Crippen LogP contribution in [0.3, 0.4) is 0 Å². The number of rotatable bonds is 1. The highest BCUT2D eigenvalue weighted by Gasteiger charge is 1.99. The molecular weight excluding hydrogens is 154 g/mol. The van der Waals surface area contributed by atoms with Crippen LogP contribution in [0.2, 0.25) is 0 Å². The summed E-state index contributed by atoms with van der Waals surface area (Å²) in [7, 11) is 0. The fraction of sp³-hybridized carbons (Fsp3) is 0.111. The van der Waals surface area contributed by atoms with E-state index in [4.69, 9.17) is 0 Å². The molecule has 0 atom stereocenters. The Labute approximate surface area is 69.7 Å². The topological polar surface area (TPSA) is 12.9 Å². The van der Waals surface area contributed by atoms with Gasteiger partial charge in [-0.15, -0.1) is 11.3 Å². The van der Waals surface area contributed by atoms with Crippen molar-refractivity contribution in [2.24, 2.45) is 0 Å². The molecule has 1 radical (unpaired) electrons. The average molecular weight is 162 g/mol. The highest BCUT2D eigenvalue weighted by Crippen LogP contribution is 2.20. The molecule has 0 amide bonds. The van der Waals surface area contributed by atoms with Crippen LogP contribution >= 0.6 is 11.3 Å². The molecule has 0 saturated heterocycles. The maximum Gasteiger partial charge on any atom is 0.0843 e. The van der Waals surface area contributed by atoms with E-state index in [1.807, 2.05) is 5.51 Å². The molecular formula is C9H8NS. The average Bonchev–Trinajstić information content (AvgIpc) is 2.50. The van der Waals surface area contributed by atoms with E-state index in [1.54, 1.807) is 11.3 Å². The molecule has 2 rings (SSSR count). The second kappa shape index (κ2) is 2.62. The van der Waals surface area contributed by atoms with E-state index < -0.39 is 0 Å². The smallest absolute Gasteiger partial charge is 0.0843 e. The lowest BCUT2D eigenvalue weighted by molar-refractivity contribution is 1.28. The van der Waals surface area contributed by atoms with Crippen molar-refractivity contribution in [1.82, 2.24) is 4.98 Å². The first-order chi connectivity index (χ1) is 5.42. The Hall–Kier alpha value is -0.890. The van der Waals surface area contributed by atoms with E-state index in [0.717, 1.165) is 11.9 Å². The molecule has 0 aliphatic rings. The van der Waals surface area contributed by atoms with E-state index in [1.165, 1.54) is 10.3 Å². The SMILES string of the molecule is [CH2]Cc1cccc2scnc12. The van der Waals surface area contributed by atoms with Crippen LogP contribution in [0, 0.1) is 6.92 Å². The maximum atomic E-state index is 4.27. The molecule has 0 bridgehead atoms. The first-order valence-electron chi connectivity index (χ1n) is 3.52. The van der Waals surface area contributed by atoms with Crippen molar-refractivity contribution in [1.29, 1.82) is 0 Å². The molecule has 0 saturated carbocycles. The van der Waals surface area contributed by atoms with Gasteiger partial charge in [-0.05, 0) is 25.0 Å². The van der Waals surface area contributed by atoms with E-state index >= 15 is 0 Å². The molecule has 0 aliphatic carbocycles. The summed E-state index contributed by atoms with van der Waals surface area (Å²) in [6, 6.07) is 6.22. The maximum absolute atomic E-state index is 4.27. The summed E-state index contributed by atoms with van der Waals surface area (Å²) < 4.78 is 1.26. The zero-order valence-electron chi connectivity index (χ0n) is 6.08. The lowest BCUT2D eigenvalue weighted by atomic mass is 10.1. The summed E-state index contributed by atoms with van der Waals surface area (Å²) >= 11 is 1.68. The van der Waals surface area contributed by atoms with Crippen LogP contribution in [-0.4, -0.2) is 4.98 Å². The number of benzene rings is 1. The van der Waals surface area contributed by atoms with Crippen molar-refractivity contribution in [3.8, 4) is 0 Å². The van der Waals surface area contributed by atoms with Crippen molar-refractivity contribution in [2.45, 2.75) is 6.42 Å². The minimum absolute atomic E-state index is 0.821. The van der Waals surface area contributed by atoms with Gasteiger partial charge in [0.25, 0.3) is 0 Å². The fourth-order valence-corrected chi connectivity index (χ4v) is 1.87. The van der Waals surface area contributed by atoms with Crippen LogP contribution in [-0.2, 0) is 6.42 Å². The van der Waals surface area contributed by atoms with Crippen LogP contribution < -0.4 is 0 Å². The number of hydrogen-bond acceptors (Lipinski definition) is 2. The standard InChI is InChI=1S/C9H8NS/c1-2-7-4-3-5-8-9(7)10-6-11-8/h3-6H,1-2H2. The van der Waals surface area contributed by atoms with Crippen molar-refractivity contribution < 1.29 is 0 Å². The minimum atomic E-state index is 0.821. The van der Waals surface area contributed by atoms with E-state index in [9.17, 15) is 0 Å². The van der Waals surface area contributed by atoms with Gasteiger partial charge in [0, 0.05) is 0 Å². The molecule has 1 aromatic carbocycles. The zero-order chi connectivity index (χ0) is 7.68. The van der Waals surface area contributed by atoms with Gasteiger partial charge in [0.05, 0.1) is 15.7 Å². The van der Waals surface area contributed by atoms with Crippen LogP contribution in [0.25, 0.3) is 10.2 Å². The molecule has 0 N–H and O–H groups in total. The third-order valence-electron chi connectivity index (χ3n) is 1.71. The van der Waals surface area contributed by atoms with Gasteiger partial charge in [0.2, 0.25) is 0 Å². The van der Waals surface area contributed by atoms with E-state index in [0.29, 0.717) is 0 Å².